The summed E-state index contributed by atoms with van der Waals surface area (Å²) < 4.78 is 11.2. The van der Waals surface area contributed by atoms with Crippen molar-refractivity contribution in [2.45, 2.75) is 45.9 Å². The SMILES string of the molecule is CC(C)[C@@H](Oc1cccc(Cl)c1)[C@H](C)OC(=O)[C@H](C)N. The maximum Gasteiger partial charge on any atom is 0.323 e. The molecule has 5 heteroatoms. The van der Waals surface area contributed by atoms with Gasteiger partial charge in [0.1, 0.15) is 24.0 Å². The third kappa shape index (κ3) is 5.02. The molecule has 0 aliphatic rings. The van der Waals surface area contributed by atoms with Crippen LogP contribution in [0, 0.1) is 5.92 Å². The van der Waals surface area contributed by atoms with Crippen LogP contribution in [-0.4, -0.2) is 24.2 Å². The summed E-state index contributed by atoms with van der Waals surface area (Å²) in [5.41, 5.74) is 5.50. The molecule has 3 atom stereocenters. The molecule has 4 nitrogen and oxygen atoms in total. The molecule has 0 fully saturated rings. The van der Waals surface area contributed by atoms with E-state index in [1.54, 1.807) is 26.0 Å². The standard InChI is InChI=1S/C15H22ClNO3/c1-9(2)14(11(4)19-15(18)10(3)17)20-13-7-5-6-12(16)8-13/h5-11,14H,17H2,1-4H3/t10-,11-,14+/m0/s1. The Morgan fingerprint density at radius 3 is 2.40 bits per heavy atom. The minimum Gasteiger partial charge on any atom is -0.486 e. The van der Waals surface area contributed by atoms with Crippen molar-refractivity contribution in [3.63, 3.8) is 0 Å². The molecular weight excluding hydrogens is 278 g/mol. The summed E-state index contributed by atoms with van der Waals surface area (Å²) in [6, 6.07) is 6.50. The molecule has 0 amide bonds. The number of hydrogen-bond acceptors (Lipinski definition) is 4. The van der Waals surface area contributed by atoms with Gasteiger partial charge in [-0.1, -0.05) is 31.5 Å². The van der Waals surface area contributed by atoms with Gasteiger partial charge in [-0.2, -0.15) is 0 Å². The number of halogens is 1. The molecule has 0 spiro atoms. The molecule has 112 valence electrons. The summed E-state index contributed by atoms with van der Waals surface area (Å²) >= 11 is 5.93. The zero-order chi connectivity index (χ0) is 15.3. The van der Waals surface area contributed by atoms with Gasteiger partial charge in [-0.15, -0.1) is 0 Å². The lowest BCUT2D eigenvalue weighted by atomic mass is 10.0. The van der Waals surface area contributed by atoms with E-state index in [9.17, 15) is 4.79 Å². The summed E-state index contributed by atoms with van der Waals surface area (Å²) in [7, 11) is 0. The average molecular weight is 300 g/mol. The maximum atomic E-state index is 11.6. The highest BCUT2D eigenvalue weighted by atomic mass is 35.5. The zero-order valence-corrected chi connectivity index (χ0v) is 13.1. The zero-order valence-electron chi connectivity index (χ0n) is 12.3. The second kappa shape index (κ2) is 7.50. The van der Waals surface area contributed by atoms with E-state index < -0.39 is 18.1 Å². The van der Waals surface area contributed by atoms with Crippen LogP contribution in [0.4, 0.5) is 0 Å². The second-order valence-electron chi connectivity index (χ2n) is 5.21. The average Bonchev–Trinajstić information content (AvgIpc) is 2.35. The highest BCUT2D eigenvalue weighted by Crippen LogP contribution is 2.22. The van der Waals surface area contributed by atoms with Crippen molar-refractivity contribution in [1.29, 1.82) is 0 Å². The summed E-state index contributed by atoms with van der Waals surface area (Å²) in [6.45, 7) is 7.41. The topological polar surface area (TPSA) is 61.5 Å². The van der Waals surface area contributed by atoms with Gasteiger partial charge in [0.15, 0.2) is 0 Å². The minimum atomic E-state index is -0.642. The fourth-order valence-corrected chi connectivity index (χ4v) is 2.01. The van der Waals surface area contributed by atoms with Gasteiger partial charge >= 0.3 is 5.97 Å². The normalized spacial score (nSPS) is 15.6. The molecule has 0 aromatic heterocycles. The van der Waals surface area contributed by atoms with Crippen molar-refractivity contribution in [2.75, 3.05) is 0 Å². The van der Waals surface area contributed by atoms with Crippen molar-refractivity contribution < 1.29 is 14.3 Å². The minimum absolute atomic E-state index is 0.171. The predicted molar refractivity (Wildman–Crippen MR) is 79.9 cm³/mol. The quantitative estimate of drug-likeness (QED) is 0.820. The van der Waals surface area contributed by atoms with Gasteiger partial charge in [-0.3, -0.25) is 4.79 Å². The van der Waals surface area contributed by atoms with Gasteiger partial charge in [-0.25, -0.2) is 0 Å². The van der Waals surface area contributed by atoms with E-state index in [2.05, 4.69) is 0 Å². The van der Waals surface area contributed by atoms with Gasteiger partial charge in [-0.05, 0) is 38.0 Å². The molecule has 2 N–H and O–H groups in total. The number of esters is 1. The van der Waals surface area contributed by atoms with Crippen LogP contribution in [0.25, 0.3) is 0 Å². The number of carbonyl (C=O) groups is 1. The van der Waals surface area contributed by atoms with Gasteiger partial charge in [0.2, 0.25) is 0 Å². The van der Waals surface area contributed by atoms with Crippen molar-refractivity contribution in [1.82, 2.24) is 0 Å². The Morgan fingerprint density at radius 1 is 1.25 bits per heavy atom. The molecule has 0 aliphatic heterocycles. The number of benzene rings is 1. The molecule has 0 heterocycles. The van der Waals surface area contributed by atoms with Gasteiger partial charge < -0.3 is 15.2 Å². The van der Waals surface area contributed by atoms with Crippen LogP contribution >= 0.6 is 11.6 Å². The van der Waals surface area contributed by atoms with Gasteiger partial charge in [0.05, 0.1) is 0 Å². The first-order chi connectivity index (χ1) is 9.31. The lowest BCUT2D eigenvalue weighted by Crippen LogP contribution is -2.41. The second-order valence-corrected chi connectivity index (χ2v) is 5.65. The first kappa shape index (κ1) is 16.8. The van der Waals surface area contributed by atoms with Gasteiger partial charge in [0.25, 0.3) is 0 Å². The van der Waals surface area contributed by atoms with Crippen LogP contribution in [-0.2, 0) is 9.53 Å². The van der Waals surface area contributed by atoms with Crippen molar-refractivity contribution in [3.05, 3.63) is 29.3 Å². The molecule has 20 heavy (non-hydrogen) atoms. The molecule has 0 bridgehead atoms. The Morgan fingerprint density at radius 2 is 1.90 bits per heavy atom. The van der Waals surface area contributed by atoms with Crippen LogP contribution in [0.2, 0.25) is 5.02 Å². The van der Waals surface area contributed by atoms with E-state index in [-0.39, 0.29) is 12.0 Å². The molecule has 1 rings (SSSR count). The Kier molecular flexibility index (Phi) is 6.30. The number of carbonyl (C=O) groups excluding carboxylic acids is 1. The first-order valence-corrected chi connectivity index (χ1v) is 7.07. The highest BCUT2D eigenvalue weighted by molar-refractivity contribution is 6.30. The Hall–Kier alpha value is -1.26. The Balaban J connectivity index is 2.76. The summed E-state index contributed by atoms with van der Waals surface area (Å²) in [4.78, 5) is 11.6. The molecule has 0 aliphatic carbocycles. The van der Waals surface area contributed by atoms with Crippen LogP contribution in [0.1, 0.15) is 27.7 Å². The van der Waals surface area contributed by atoms with Crippen molar-refractivity contribution >= 4 is 17.6 Å². The molecular formula is C15H22ClNO3. The number of rotatable bonds is 6. The van der Waals surface area contributed by atoms with E-state index in [1.807, 2.05) is 26.0 Å². The van der Waals surface area contributed by atoms with E-state index in [0.717, 1.165) is 0 Å². The third-order valence-corrected chi connectivity index (χ3v) is 3.10. The third-order valence-electron chi connectivity index (χ3n) is 2.86. The van der Waals surface area contributed by atoms with Crippen molar-refractivity contribution in [3.8, 4) is 5.75 Å². The first-order valence-electron chi connectivity index (χ1n) is 6.69. The van der Waals surface area contributed by atoms with Gasteiger partial charge in [0, 0.05) is 5.02 Å². The fourth-order valence-electron chi connectivity index (χ4n) is 1.83. The van der Waals surface area contributed by atoms with Crippen molar-refractivity contribution in [2.24, 2.45) is 11.7 Å². The van der Waals surface area contributed by atoms with E-state index >= 15 is 0 Å². The monoisotopic (exact) mass is 299 g/mol. The van der Waals surface area contributed by atoms with Crippen LogP contribution in [0.5, 0.6) is 5.75 Å². The lowest BCUT2D eigenvalue weighted by molar-refractivity contribution is -0.155. The van der Waals surface area contributed by atoms with Crippen LogP contribution in [0.3, 0.4) is 0 Å². The number of nitrogens with two attached hydrogens (primary N) is 1. The van der Waals surface area contributed by atoms with Crippen LogP contribution < -0.4 is 10.5 Å². The molecule has 0 radical (unpaired) electrons. The largest absolute Gasteiger partial charge is 0.486 e. The summed E-state index contributed by atoms with van der Waals surface area (Å²) in [5, 5.41) is 0.602. The predicted octanol–water partition coefficient (Wildman–Crippen LogP) is 3.02. The molecule has 1 aromatic carbocycles. The van der Waals surface area contributed by atoms with E-state index in [0.29, 0.717) is 10.8 Å². The molecule has 0 saturated carbocycles. The van der Waals surface area contributed by atoms with Crippen LogP contribution in [0.15, 0.2) is 24.3 Å². The molecule has 1 aromatic rings. The fraction of sp³-hybridized carbons (Fsp3) is 0.533. The summed E-state index contributed by atoms with van der Waals surface area (Å²) in [5.74, 6) is 0.391. The van der Waals surface area contributed by atoms with E-state index in [1.165, 1.54) is 0 Å². The smallest absolute Gasteiger partial charge is 0.323 e. The Labute approximate surface area is 125 Å². The maximum absolute atomic E-state index is 11.6. The number of hydrogen-bond donors (Lipinski definition) is 1. The number of ether oxygens (including phenoxy) is 2. The Bertz CT molecular complexity index is 448. The highest BCUT2D eigenvalue weighted by Gasteiger charge is 2.27. The summed E-state index contributed by atoms with van der Waals surface area (Å²) in [6.07, 6.45) is -0.663. The molecule has 0 unspecified atom stereocenters. The molecule has 0 saturated heterocycles. The lowest BCUT2D eigenvalue weighted by Gasteiger charge is -2.28. The van der Waals surface area contributed by atoms with E-state index in [4.69, 9.17) is 26.8 Å².